The van der Waals surface area contributed by atoms with Gasteiger partial charge in [0.2, 0.25) is 0 Å². The Labute approximate surface area is 133 Å². The van der Waals surface area contributed by atoms with Crippen LogP contribution < -0.4 is 5.32 Å². The van der Waals surface area contributed by atoms with Crippen LogP contribution in [0.5, 0.6) is 0 Å². The van der Waals surface area contributed by atoms with Gasteiger partial charge in [0.15, 0.2) is 0 Å². The van der Waals surface area contributed by atoms with Crippen molar-refractivity contribution in [1.29, 1.82) is 0 Å². The Hall–Kier alpha value is -1.82. The number of rotatable bonds is 2. The summed E-state index contributed by atoms with van der Waals surface area (Å²) in [5, 5.41) is 7.48. The van der Waals surface area contributed by atoms with Gasteiger partial charge in [-0.15, -0.1) is 0 Å². The maximum Gasteiger partial charge on any atom is 0.259 e. The van der Waals surface area contributed by atoms with Crippen LogP contribution in [0.3, 0.4) is 0 Å². The molecule has 2 heterocycles. The lowest BCUT2D eigenvalue weighted by atomic mass is 10.1. The molecule has 0 unspecified atom stereocenters. The minimum atomic E-state index is -0.521. The fraction of sp³-hybridized carbons (Fsp3) is 0.375. The van der Waals surface area contributed by atoms with Crippen LogP contribution in [0.2, 0.25) is 0 Å². The van der Waals surface area contributed by atoms with Gasteiger partial charge < -0.3 is 5.32 Å². The molecule has 0 atom stereocenters. The highest BCUT2D eigenvalue weighted by molar-refractivity contribution is 7.98. The average molecular weight is 319 g/mol. The lowest BCUT2D eigenvalue weighted by molar-refractivity contribution is 0.102. The van der Waals surface area contributed by atoms with E-state index in [2.05, 4.69) is 10.4 Å². The monoisotopic (exact) mass is 319 g/mol. The van der Waals surface area contributed by atoms with Crippen LogP contribution in [0.25, 0.3) is 0 Å². The van der Waals surface area contributed by atoms with E-state index in [4.69, 9.17) is 0 Å². The second-order valence-corrected chi connectivity index (χ2v) is 7.27. The molecule has 0 aliphatic carbocycles. The maximum absolute atomic E-state index is 13.8. The number of benzene rings is 1. The number of hydrogen-bond donors (Lipinski definition) is 1. The summed E-state index contributed by atoms with van der Waals surface area (Å²) >= 11 is 1.77. The Morgan fingerprint density at radius 2 is 2.05 bits per heavy atom. The van der Waals surface area contributed by atoms with E-state index in [1.165, 1.54) is 12.1 Å². The van der Waals surface area contributed by atoms with Gasteiger partial charge in [0.25, 0.3) is 5.91 Å². The largest absolute Gasteiger partial charge is 0.306 e. The first kappa shape index (κ1) is 15.1. The number of nitrogens with one attached hydrogen (secondary N) is 1. The summed E-state index contributed by atoms with van der Waals surface area (Å²) < 4.78 is 15.6. The minimum absolute atomic E-state index is 0.0450. The van der Waals surface area contributed by atoms with Crippen LogP contribution in [-0.2, 0) is 17.0 Å². The lowest BCUT2D eigenvalue weighted by Gasteiger charge is -2.23. The standard InChI is InChI=1S/C16H18FN3OS/c1-16(2,3)20-14(11-8-22-9-13(11)19-20)18-15(21)10-6-4-5-7-12(10)17/h4-7H,8-9H2,1-3H3,(H,18,21). The zero-order chi connectivity index (χ0) is 15.9. The SMILES string of the molecule is CC(C)(C)n1nc2c(c1NC(=O)c1ccccc1F)CSC2. The number of aromatic nitrogens is 2. The van der Waals surface area contributed by atoms with E-state index in [1.807, 2.05) is 25.5 Å². The second kappa shape index (κ2) is 5.43. The van der Waals surface area contributed by atoms with Crippen LogP contribution in [0, 0.1) is 5.82 Å². The molecule has 1 aliphatic heterocycles. The Morgan fingerprint density at radius 3 is 2.73 bits per heavy atom. The zero-order valence-electron chi connectivity index (χ0n) is 12.8. The number of carbonyl (C=O) groups excluding carboxylic acids is 1. The van der Waals surface area contributed by atoms with Crippen LogP contribution in [-0.4, -0.2) is 15.7 Å². The first-order chi connectivity index (χ1) is 10.4. The van der Waals surface area contributed by atoms with Crippen molar-refractivity contribution in [1.82, 2.24) is 9.78 Å². The normalized spacial score (nSPS) is 14.0. The van der Waals surface area contributed by atoms with Gasteiger partial charge in [-0.25, -0.2) is 9.07 Å². The van der Waals surface area contributed by atoms with Crippen molar-refractivity contribution in [2.75, 3.05) is 5.32 Å². The molecule has 2 aromatic rings. The molecule has 0 bridgehead atoms. The Kier molecular flexibility index (Phi) is 3.72. The van der Waals surface area contributed by atoms with E-state index in [0.29, 0.717) is 5.82 Å². The van der Waals surface area contributed by atoms with Gasteiger partial charge in [-0.05, 0) is 32.9 Å². The third-order valence-electron chi connectivity index (χ3n) is 3.54. The van der Waals surface area contributed by atoms with Gasteiger partial charge >= 0.3 is 0 Å². The van der Waals surface area contributed by atoms with Crippen molar-refractivity contribution in [3.63, 3.8) is 0 Å². The van der Waals surface area contributed by atoms with Crippen molar-refractivity contribution >= 4 is 23.5 Å². The quantitative estimate of drug-likeness (QED) is 0.916. The highest BCUT2D eigenvalue weighted by atomic mass is 32.2. The summed E-state index contributed by atoms with van der Waals surface area (Å²) in [6.45, 7) is 6.09. The molecule has 22 heavy (non-hydrogen) atoms. The third-order valence-corrected chi connectivity index (χ3v) is 4.51. The topological polar surface area (TPSA) is 46.9 Å². The van der Waals surface area contributed by atoms with E-state index in [1.54, 1.807) is 23.9 Å². The molecule has 0 fully saturated rings. The minimum Gasteiger partial charge on any atom is -0.306 e. The number of hydrogen-bond acceptors (Lipinski definition) is 3. The summed E-state index contributed by atoms with van der Waals surface area (Å²) in [4.78, 5) is 12.4. The zero-order valence-corrected chi connectivity index (χ0v) is 13.6. The molecule has 1 amide bonds. The van der Waals surface area contributed by atoms with E-state index in [9.17, 15) is 9.18 Å². The van der Waals surface area contributed by atoms with Crippen molar-refractivity contribution in [2.45, 2.75) is 37.8 Å². The number of fused-ring (bicyclic) bond motifs is 1. The third kappa shape index (κ3) is 2.63. The van der Waals surface area contributed by atoms with Gasteiger partial charge in [-0.2, -0.15) is 16.9 Å². The smallest absolute Gasteiger partial charge is 0.259 e. The fourth-order valence-electron chi connectivity index (χ4n) is 2.45. The van der Waals surface area contributed by atoms with Crippen LogP contribution in [0.15, 0.2) is 24.3 Å². The first-order valence-corrected chi connectivity index (χ1v) is 8.28. The number of amides is 1. The Morgan fingerprint density at radius 1 is 1.32 bits per heavy atom. The number of halogens is 1. The highest BCUT2D eigenvalue weighted by Crippen LogP contribution is 2.37. The number of carbonyl (C=O) groups is 1. The molecule has 116 valence electrons. The second-order valence-electron chi connectivity index (χ2n) is 6.28. The lowest BCUT2D eigenvalue weighted by Crippen LogP contribution is -2.27. The number of anilines is 1. The van der Waals surface area contributed by atoms with Crippen LogP contribution >= 0.6 is 11.8 Å². The molecule has 0 saturated carbocycles. The summed E-state index contributed by atoms with van der Waals surface area (Å²) in [6, 6.07) is 5.99. The van der Waals surface area contributed by atoms with Gasteiger partial charge in [0.05, 0.1) is 16.8 Å². The summed E-state index contributed by atoms with van der Waals surface area (Å²) in [5.41, 5.74) is 1.84. The Bertz CT molecular complexity index is 733. The molecule has 0 spiro atoms. The van der Waals surface area contributed by atoms with Gasteiger partial charge in [-0.3, -0.25) is 4.79 Å². The maximum atomic E-state index is 13.8. The van der Waals surface area contributed by atoms with Gasteiger partial charge in [-0.1, -0.05) is 12.1 Å². The molecule has 0 radical (unpaired) electrons. The number of nitrogens with zero attached hydrogens (tertiary/aromatic N) is 2. The van der Waals surface area contributed by atoms with Crippen molar-refractivity contribution in [3.05, 3.63) is 46.9 Å². The average Bonchev–Trinajstić information content (AvgIpc) is 3.01. The highest BCUT2D eigenvalue weighted by Gasteiger charge is 2.29. The van der Waals surface area contributed by atoms with E-state index < -0.39 is 11.7 Å². The first-order valence-electron chi connectivity index (χ1n) is 7.13. The molecule has 6 heteroatoms. The van der Waals surface area contributed by atoms with Crippen LogP contribution in [0.1, 0.15) is 42.4 Å². The van der Waals surface area contributed by atoms with Crippen molar-refractivity contribution in [3.8, 4) is 0 Å². The van der Waals surface area contributed by atoms with E-state index >= 15 is 0 Å². The molecule has 3 rings (SSSR count). The summed E-state index contributed by atoms with van der Waals surface area (Å²) in [5.74, 6) is 1.39. The molecule has 1 aromatic carbocycles. The van der Waals surface area contributed by atoms with E-state index in [-0.39, 0.29) is 11.1 Å². The summed E-state index contributed by atoms with van der Waals surface area (Å²) in [7, 11) is 0. The molecule has 1 aromatic heterocycles. The van der Waals surface area contributed by atoms with Gasteiger partial charge in [0, 0.05) is 17.1 Å². The number of thioether (sulfide) groups is 1. The molecular formula is C16H18FN3OS. The summed E-state index contributed by atoms with van der Waals surface area (Å²) in [6.07, 6.45) is 0. The molecule has 1 aliphatic rings. The van der Waals surface area contributed by atoms with Gasteiger partial charge in [0.1, 0.15) is 11.6 Å². The predicted octanol–water partition coefficient (Wildman–Crippen LogP) is 3.78. The van der Waals surface area contributed by atoms with Crippen molar-refractivity contribution < 1.29 is 9.18 Å². The molecule has 1 N–H and O–H groups in total. The molecule has 4 nitrogen and oxygen atoms in total. The fourth-order valence-corrected chi connectivity index (χ4v) is 3.48. The van der Waals surface area contributed by atoms with E-state index in [0.717, 1.165) is 22.8 Å². The van der Waals surface area contributed by atoms with Crippen LogP contribution in [0.4, 0.5) is 10.2 Å². The van der Waals surface area contributed by atoms with Crippen molar-refractivity contribution in [2.24, 2.45) is 0 Å². The molecule has 0 saturated heterocycles. The molecular weight excluding hydrogens is 301 g/mol. The Balaban J connectivity index is 1.99. The predicted molar refractivity (Wildman–Crippen MR) is 86.6 cm³/mol.